The van der Waals surface area contributed by atoms with Gasteiger partial charge in [0.2, 0.25) is 10.0 Å². The zero-order valence-electron chi connectivity index (χ0n) is 16.9. The van der Waals surface area contributed by atoms with Crippen LogP contribution in [0.1, 0.15) is 11.1 Å². The minimum Gasteiger partial charge on any atom is -0.489 e. The van der Waals surface area contributed by atoms with Crippen molar-refractivity contribution >= 4 is 10.0 Å². The SMILES string of the molecule is O=S(=O)(c1cccc(COc2ccccc2)c1)N1CCN(Cc2ccccc2)CC1. The highest BCUT2D eigenvalue weighted by molar-refractivity contribution is 7.89. The zero-order valence-corrected chi connectivity index (χ0v) is 17.7. The first-order valence-corrected chi connectivity index (χ1v) is 11.6. The fourth-order valence-corrected chi connectivity index (χ4v) is 5.09. The number of nitrogens with zero attached hydrogens (tertiary/aromatic N) is 2. The topological polar surface area (TPSA) is 49.9 Å². The number of hydrogen-bond donors (Lipinski definition) is 0. The van der Waals surface area contributed by atoms with Gasteiger partial charge in [-0.3, -0.25) is 4.90 Å². The summed E-state index contributed by atoms with van der Waals surface area (Å²) >= 11 is 0. The van der Waals surface area contributed by atoms with Crippen LogP contribution in [-0.2, 0) is 23.2 Å². The van der Waals surface area contributed by atoms with Crippen molar-refractivity contribution in [1.82, 2.24) is 9.21 Å². The Morgan fingerprint density at radius 3 is 2.07 bits per heavy atom. The quantitative estimate of drug-likeness (QED) is 0.582. The number of para-hydroxylation sites is 1. The molecule has 3 aromatic carbocycles. The third-order valence-electron chi connectivity index (χ3n) is 5.27. The molecule has 156 valence electrons. The lowest BCUT2D eigenvalue weighted by molar-refractivity contribution is 0.181. The molecule has 1 saturated heterocycles. The largest absolute Gasteiger partial charge is 0.489 e. The molecule has 30 heavy (non-hydrogen) atoms. The van der Waals surface area contributed by atoms with Gasteiger partial charge >= 0.3 is 0 Å². The molecule has 0 aromatic heterocycles. The normalized spacial score (nSPS) is 15.7. The van der Waals surface area contributed by atoms with Gasteiger partial charge in [-0.1, -0.05) is 60.7 Å². The number of piperazine rings is 1. The van der Waals surface area contributed by atoms with Gasteiger partial charge in [-0.25, -0.2) is 8.42 Å². The Balaban J connectivity index is 1.37. The molecule has 0 saturated carbocycles. The molecule has 0 radical (unpaired) electrons. The lowest BCUT2D eigenvalue weighted by atomic mass is 10.2. The van der Waals surface area contributed by atoms with E-state index in [9.17, 15) is 8.42 Å². The van der Waals surface area contributed by atoms with Gasteiger partial charge in [0.1, 0.15) is 12.4 Å². The molecular formula is C24H26N2O3S. The molecule has 0 N–H and O–H groups in total. The third-order valence-corrected chi connectivity index (χ3v) is 7.16. The van der Waals surface area contributed by atoms with Gasteiger partial charge in [0.15, 0.2) is 0 Å². The first kappa shape index (κ1) is 20.6. The molecule has 1 aliphatic rings. The van der Waals surface area contributed by atoms with Crippen LogP contribution < -0.4 is 4.74 Å². The summed E-state index contributed by atoms with van der Waals surface area (Å²) < 4.78 is 33.6. The third kappa shape index (κ3) is 5.08. The van der Waals surface area contributed by atoms with Crippen molar-refractivity contribution in [3.8, 4) is 5.75 Å². The summed E-state index contributed by atoms with van der Waals surface area (Å²) in [7, 11) is -3.51. The molecule has 1 heterocycles. The summed E-state index contributed by atoms with van der Waals surface area (Å²) in [5, 5.41) is 0. The van der Waals surface area contributed by atoms with Crippen LogP contribution in [0.5, 0.6) is 5.75 Å². The predicted octanol–water partition coefficient (Wildman–Crippen LogP) is 3.77. The second kappa shape index (κ2) is 9.43. The van der Waals surface area contributed by atoms with Gasteiger partial charge in [0.05, 0.1) is 4.90 Å². The van der Waals surface area contributed by atoms with Crippen molar-refractivity contribution in [2.45, 2.75) is 18.0 Å². The zero-order chi connectivity index (χ0) is 20.8. The summed E-state index contributed by atoms with van der Waals surface area (Å²) in [6.45, 7) is 3.63. The molecule has 0 unspecified atom stereocenters. The van der Waals surface area contributed by atoms with Crippen LogP contribution in [0.25, 0.3) is 0 Å². The highest BCUT2D eigenvalue weighted by Gasteiger charge is 2.28. The van der Waals surface area contributed by atoms with Gasteiger partial charge in [-0.05, 0) is 35.4 Å². The summed E-state index contributed by atoms with van der Waals surface area (Å²) in [5.74, 6) is 0.764. The maximum atomic E-state index is 13.1. The van der Waals surface area contributed by atoms with Crippen LogP contribution >= 0.6 is 0 Å². The van der Waals surface area contributed by atoms with Crippen molar-refractivity contribution < 1.29 is 13.2 Å². The number of sulfonamides is 1. The average Bonchev–Trinajstić information content (AvgIpc) is 2.80. The lowest BCUT2D eigenvalue weighted by Gasteiger charge is -2.34. The van der Waals surface area contributed by atoms with Crippen molar-refractivity contribution in [2.24, 2.45) is 0 Å². The Hall–Kier alpha value is -2.67. The van der Waals surface area contributed by atoms with Crippen molar-refractivity contribution in [3.63, 3.8) is 0 Å². The maximum absolute atomic E-state index is 13.1. The minimum absolute atomic E-state index is 0.327. The van der Waals surface area contributed by atoms with Gasteiger partial charge in [0.25, 0.3) is 0 Å². The number of benzene rings is 3. The molecule has 0 amide bonds. The Labute approximate surface area is 178 Å². The Kier molecular flexibility index (Phi) is 6.47. The van der Waals surface area contributed by atoms with Crippen LogP contribution in [0, 0.1) is 0 Å². The highest BCUT2D eigenvalue weighted by atomic mass is 32.2. The van der Waals surface area contributed by atoms with E-state index in [-0.39, 0.29) is 0 Å². The van der Waals surface area contributed by atoms with Crippen molar-refractivity contribution in [3.05, 3.63) is 96.1 Å². The van der Waals surface area contributed by atoms with Crippen LogP contribution in [0.2, 0.25) is 0 Å². The summed E-state index contributed by atoms with van der Waals surface area (Å²) in [6.07, 6.45) is 0. The smallest absolute Gasteiger partial charge is 0.243 e. The molecule has 6 heteroatoms. The van der Waals surface area contributed by atoms with E-state index in [4.69, 9.17) is 4.74 Å². The van der Waals surface area contributed by atoms with Gasteiger partial charge in [-0.15, -0.1) is 0 Å². The molecule has 4 rings (SSSR count). The molecule has 1 aliphatic heterocycles. The van der Waals surface area contributed by atoms with Crippen LogP contribution in [0.4, 0.5) is 0 Å². The van der Waals surface area contributed by atoms with Crippen molar-refractivity contribution in [2.75, 3.05) is 26.2 Å². The van der Waals surface area contributed by atoms with Crippen LogP contribution in [0.3, 0.4) is 0 Å². The predicted molar refractivity (Wildman–Crippen MR) is 118 cm³/mol. The van der Waals surface area contributed by atoms with E-state index < -0.39 is 10.0 Å². The van der Waals surface area contributed by atoms with Crippen LogP contribution in [0.15, 0.2) is 89.8 Å². The maximum Gasteiger partial charge on any atom is 0.243 e. The molecule has 1 fully saturated rings. The van der Waals surface area contributed by atoms with E-state index >= 15 is 0 Å². The van der Waals surface area contributed by atoms with E-state index in [1.807, 2.05) is 54.6 Å². The second-order valence-corrected chi connectivity index (χ2v) is 9.35. The summed E-state index contributed by atoms with van der Waals surface area (Å²) in [6, 6.07) is 26.8. The van der Waals surface area contributed by atoms with Gasteiger partial charge in [-0.2, -0.15) is 4.31 Å². The molecular weight excluding hydrogens is 396 g/mol. The first-order chi connectivity index (χ1) is 14.6. The molecule has 0 aliphatic carbocycles. The molecule has 5 nitrogen and oxygen atoms in total. The molecule has 3 aromatic rings. The monoisotopic (exact) mass is 422 g/mol. The van der Waals surface area contributed by atoms with E-state index in [0.717, 1.165) is 30.9 Å². The first-order valence-electron chi connectivity index (χ1n) is 10.1. The van der Waals surface area contributed by atoms with E-state index in [1.54, 1.807) is 22.5 Å². The Morgan fingerprint density at radius 1 is 0.733 bits per heavy atom. The molecule has 0 spiro atoms. The highest BCUT2D eigenvalue weighted by Crippen LogP contribution is 2.20. The molecule has 0 bridgehead atoms. The van der Waals surface area contributed by atoms with E-state index in [2.05, 4.69) is 17.0 Å². The van der Waals surface area contributed by atoms with Crippen molar-refractivity contribution in [1.29, 1.82) is 0 Å². The van der Waals surface area contributed by atoms with E-state index in [1.165, 1.54) is 5.56 Å². The standard InChI is InChI=1S/C24H26N2O3S/c27-30(28,26-16-14-25(15-17-26)19-21-8-3-1-4-9-21)24-13-7-10-22(18-24)20-29-23-11-5-2-6-12-23/h1-13,18H,14-17,19-20H2. The second-order valence-electron chi connectivity index (χ2n) is 7.41. The van der Waals surface area contributed by atoms with Gasteiger partial charge < -0.3 is 4.74 Å². The average molecular weight is 423 g/mol. The fraction of sp³-hybridized carbons (Fsp3) is 0.250. The van der Waals surface area contributed by atoms with Crippen LogP contribution in [-0.4, -0.2) is 43.8 Å². The number of hydrogen-bond acceptors (Lipinski definition) is 4. The minimum atomic E-state index is -3.51. The van der Waals surface area contributed by atoms with E-state index in [0.29, 0.717) is 24.6 Å². The van der Waals surface area contributed by atoms with Gasteiger partial charge in [0, 0.05) is 32.7 Å². The number of ether oxygens (including phenoxy) is 1. The fourth-order valence-electron chi connectivity index (χ4n) is 3.60. The Morgan fingerprint density at radius 2 is 1.37 bits per heavy atom. The Bertz CT molecular complexity index is 1050. The number of rotatable bonds is 7. The summed E-state index contributed by atoms with van der Waals surface area (Å²) in [4.78, 5) is 2.62. The molecule has 0 atom stereocenters. The lowest BCUT2D eigenvalue weighted by Crippen LogP contribution is -2.48. The summed E-state index contributed by atoms with van der Waals surface area (Å²) in [5.41, 5.74) is 2.09.